The highest BCUT2D eigenvalue weighted by Crippen LogP contribution is 2.37. The lowest BCUT2D eigenvalue weighted by molar-refractivity contribution is 0.138. The molecule has 0 spiro atoms. The van der Waals surface area contributed by atoms with Gasteiger partial charge in [0.05, 0.1) is 0 Å². The van der Waals surface area contributed by atoms with Crippen molar-refractivity contribution in [2.75, 3.05) is 0 Å². The summed E-state index contributed by atoms with van der Waals surface area (Å²) >= 11 is 0. The van der Waals surface area contributed by atoms with E-state index in [2.05, 4.69) is 32.0 Å². The molecule has 0 amide bonds. The third kappa shape index (κ3) is 2.27. The van der Waals surface area contributed by atoms with E-state index >= 15 is 0 Å². The SMILES string of the molecule is CC(N)/C=C/c1cccc2c1OC(C)(C)C2. The predicted molar refractivity (Wildman–Crippen MR) is 67.5 cm³/mol. The summed E-state index contributed by atoms with van der Waals surface area (Å²) in [6, 6.07) is 6.35. The number of rotatable bonds is 2. The number of benzene rings is 1. The van der Waals surface area contributed by atoms with E-state index in [4.69, 9.17) is 10.5 Å². The molecule has 1 unspecified atom stereocenters. The Morgan fingerprint density at radius 1 is 1.44 bits per heavy atom. The molecule has 1 aromatic rings. The van der Waals surface area contributed by atoms with Crippen molar-refractivity contribution >= 4 is 6.08 Å². The van der Waals surface area contributed by atoms with Crippen molar-refractivity contribution in [3.63, 3.8) is 0 Å². The molecule has 0 aromatic heterocycles. The van der Waals surface area contributed by atoms with Crippen molar-refractivity contribution in [2.24, 2.45) is 5.73 Å². The van der Waals surface area contributed by atoms with E-state index in [1.165, 1.54) is 5.56 Å². The van der Waals surface area contributed by atoms with Crippen LogP contribution in [0.3, 0.4) is 0 Å². The first-order valence-corrected chi connectivity index (χ1v) is 5.73. The van der Waals surface area contributed by atoms with Gasteiger partial charge in [0, 0.05) is 18.0 Å². The fraction of sp³-hybridized carbons (Fsp3) is 0.429. The molecule has 0 radical (unpaired) electrons. The van der Waals surface area contributed by atoms with Crippen molar-refractivity contribution in [1.29, 1.82) is 0 Å². The number of hydrogen-bond donors (Lipinski definition) is 1. The van der Waals surface area contributed by atoms with E-state index < -0.39 is 0 Å². The van der Waals surface area contributed by atoms with Crippen LogP contribution in [-0.4, -0.2) is 11.6 Å². The Labute approximate surface area is 97.1 Å². The van der Waals surface area contributed by atoms with Crippen LogP contribution in [0.2, 0.25) is 0 Å². The summed E-state index contributed by atoms with van der Waals surface area (Å²) in [7, 11) is 0. The Hall–Kier alpha value is -1.28. The number of fused-ring (bicyclic) bond motifs is 1. The second-order valence-corrected chi connectivity index (χ2v) is 5.09. The fourth-order valence-corrected chi connectivity index (χ4v) is 2.03. The number of hydrogen-bond acceptors (Lipinski definition) is 2. The zero-order chi connectivity index (χ0) is 11.8. The highest BCUT2D eigenvalue weighted by Gasteiger charge is 2.30. The Morgan fingerprint density at radius 2 is 2.19 bits per heavy atom. The maximum Gasteiger partial charge on any atom is 0.130 e. The molecule has 0 saturated heterocycles. The number of nitrogens with two attached hydrogens (primary N) is 1. The molecule has 0 aliphatic carbocycles. The summed E-state index contributed by atoms with van der Waals surface area (Å²) in [6.07, 6.45) is 5.01. The molecule has 2 heteroatoms. The third-order valence-electron chi connectivity index (χ3n) is 2.70. The molecular formula is C14H19NO. The van der Waals surface area contributed by atoms with Gasteiger partial charge in [-0.3, -0.25) is 0 Å². The molecule has 16 heavy (non-hydrogen) atoms. The average Bonchev–Trinajstić information content (AvgIpc) is 2.48. The summed E-state index contributed by atoms with van der Waals surface area (Å²) in [6.45, 7) is 6.20. The largest absolute Gasteiger partial charge is 0.487 e. The minimum absolute atomic E-state index is 0.0743. The van der Waals surface area contributed by atoms with E-state index in [0.29, 0.717) is 0 Å². The van der Waals surface area contributed by atoms with Gasteiger partial charge >= 0.3 is 0 Å². The van der Waals surface area contributed by atoms with E-state index in [0.717, 1.165) is 17.7 Å². The van der Waals surface area contributed by atoms with Crippen LogP contribution in [0, 0.1) is 0 Å². The Balaban J connectivity index is 2.34. The van der Waals surface area contributed by atoms with E-state index in [1.807, 2.05) is 19.1 Å². The lowest BCUT2D eigenvalue weighted by Gasteiger charge is -2.17. The van der Waals surface area contributed by atoms with Gasteiger partial charge in [-0.2, -0.15) is 0 Å². The molecular weight excluding hydrogens is 198 g/mol. The van der Waals surface area contributed by atoms with Crippen LogP contribution in [-0.2, 0) is 6.42 Å². The van der Waals surface area contributed by atoms with Gasteiger partial charge in [0.25, 0.3) is 0 Å². The quantitative estimate of drug-likeness (QED) is 0.826. The van der Waals surface area contributed by atoms with Gasteiger partial charge in [-0.1, -0.05) is 30.4 Å². The molecule has 2 N–H and O–H groups in total. The third-order valence-corrected chi connectivity index (χ3v) is 2.70. The molecule has 1 heterocycles. The molecule has 0 saturated carbocycles. The molecule has 2 nitrogen and oxygen atoms in total. The second kappa shape index (κ2) is 3.95. The first-order valence-electron chi connectivity index (χ1n) is 5.73. The molecule has 1 aliphatic rings. The van der Waals surface area contributed by atoms with Crippen molar-refractivity contribution < 1.29 is 4.74 Å². The topological polar surface area (TPSA) is 35.2 Å². The van der Waals surface area contributed by atoms with Gasteiger partial charge in [-0.05, 0) is 26.3 Å². The number of ether oxygens (including phenoxy) is 1. The van der Waals surface area contributed by atoms with Gasteiger partial charge in [-0.25, -0.2) is 0 Å². The molecule has 2 rings (SSSR count). The molecule has 1 aromatic carbocycles. The lowest BCUT2D eigenvalue weighted by atomic mass is 10.0. The Morgan fingerprint density at radius 3 is 2.88 bits per heavy atom. The highest BCUT2D eigenvalue weighted by molar-refractivity contribution is 5.61. The first kappa shape index (κ1) is 11.2. The summed E-state index contributed by atoms with van der Waals surface area (Å²) in [4.78, 5) is 0. The van der Waals surface area contributed by atoms with Crippen molar-refractivity contribution in [3.05, 3.63) is 35.4 Å². The molecule has 86 valence electrons. The maximum absolute atomic E-state index is 5.97. The monoisotopic (exact) mass is 217 g/mol. The molecule has 1 aliphatic heterocycles. The van der Waals surface area contributed by atoms with Crippen LogP contribution in [0.1, 0.15) is 31.9 Å². The minimum atomic E-state index is -0.0827. The van der Waals surface area contributed by atoms with E-state index in [9.17, 15) is 0 Å². The van der Waals surface area contributed by atoms with Gasteiger partial charge in [0.1, 0.15) is 11.4 Å². The van der Waals surface area contributed by atoms with Crippen molar-refractivity contribution in [1.82, 2.24) is 0 Å². The zero-order valence-electron chi connectivity index (χ0n) is 10.2. The first-order chi connectivity index (χ1) is 7.48. The lowest BCUT2D eigenvalue weighted by Crippen LogP contribution is -2.24. The van der Waals surface area contributed by atoms with Crippen molar-refractivity contribution in [2.45, 2.75) is 38.8 Å². The van der Waals surface area contributed by atoms with Crippen LogP contribution >= 0.6 is 0 Å². The van der Waals surface area contributed by atoms with E-state index in [-0.39, 0.29) is 11.6 Å². The van der Waals surface area contributed by atoms with Gasteiger partial charge < -0.3 is 10.5 Å². The zero-order valence-corrected chi connectivity index (χ0v) is 10.2. The fourth-order valence-electron chi connectivity index (χ4n) is 2.03. The molecule has 0 bridgehead atoms. The summed E-state index contributed by atoms with van der Waals surface area (Å²) < 4.78 is 5.97. The summed E-state index contributed by atoms with van der Waals surface area (Å²) in [5.74, 6) is 1.02. The van der Waals surface area contributed by atoms with Gasteiger partial charge in [-0.15, -0.1) is 0 Å². The maximum atomic E-state index is 5.97. The van der Waals surface area contributed by atoms with Gasteiger partial charge in [0.15, 0.2) is 0 Å². The summed E-state index contributed by atoms with van der Waals surface area (Å²) in [5, 5.41) is 0. The van der Waals surface area contributed by atoms with Crippen LogP contribution in [0.4, 0.5) is 0 Å². The van der Waals surface area contributed by atoms with Crippen LogP contribution < -0.4 is 10.5 Å². The Kier molecular flexibility index (Phi) is 2.76. The smallest absolute Gasteiger partial charge is 0.130 e. The predicted octanol–water partition coefficient (Wildman–Crippen LogP) is 2.76. The second-order valence-electron chi connectivity index (χ2n) is 5.09. The van der Waals surface area contributed by atoms with Crippen LogP contribution in [0.25, 0.3) is 6.08 Å². The summed E-state index contributed by atoms with van der Waals surface area (Å²) in [5.41, 5.74) is 8.04. The van der Waals surface area contributed by atoms with Crippen molar-refractivity contribution in [3.8, 4) is 5.75 Å². The van der Waals surface area contributed by atoms with Crippen LogP contribution in [0.15, 0.2) is 24.3 Å². The molecule has 0 fully saturated rings. The Bertz CT molecular complexity index is 419. The average molecular weight is 217 g/mol. The minimum Gasteiger partial charge on any atom is -0.487 e. The highest BCUT2D eigenvalue weighted by atomic mass is 16.5. The van der Waals surface area contributed by atoms with E-state index in [1.54, 1.807) is 0 Å². The number of para-hydroxylation sites is 1. The molecule has 1 atom stereocenters. The van der Waals surface area contributed by atoms with Gasteiger partial charge in [0.2, 0.25) is 0 Å². The standard InChI is InChI=1S/C14H19NO/c1-10(15)7-8-11-5-4-6-12-9-14(2,3)16-13(11)12/h4-8,10H,9,15H2,1-3H3/b8-7+. The van der Waals surface area contributed by atoms with Crippen LogP contribution in [0.5, 0.6) is 5.75 Å². The normalized spacial score (nSPS) is 19.5.